The molecule has 1 rings (SSSR count). The van der Waals surface area contributed by atoms with Gasteiger partial charge in [-0.2, -0.15) is 0 Å². The second-order valence-corrected chi connectivity index (χ2v) is 2.67. The summed E-state index contributed by atoms with van der Waals surface area (Å²) in [5, 5.41) is 17.6. The Morgan fingerprint density at radius 2 is 2.23 bits per heavy atom. The van der Waals surface area contributed by atoms with E-state index in [1.165, 1.54) is 12.1 Å². The predicted molar refractivity (Wildman–Crippen MR) is 48.8 cm³/mol. The number of amidine groups is 1. The Labute approximate surface area is 74.8 Å². The Morgan fingerprint density at radius 3 is 2.69 bits per heavy atom. The molecule has 0 unspecified atom stereocenters. The average Bonchev–Trinajstić information content (AvgIpc) is 2.04. The van der Waals surface area contributed by atoms with E-state index >= 15 is 0 Å². The minimum Gasteiger partial charge on any atom is -0.384 e. The van der Waals surface area contributed by atoms with Crippen molar-refractivity contribution in [2.24, 2.45) is 5.73 Å². The lowest BCUT2D eigenvalue weighted by atomic mass is 10.1. The summed E-state index contributed by atoms with van der Waals surface area (Å²) in [6.07, 6.45) is 0. The highest BCUT2D eigenvalue weighted by Gasteiger charge is 2.09. The van der Waals surface area contributed by atoms with Crippen LogP contribution in [-0.2, 0) is 0 Å². The SMILES string of the molecule is Cc1ccc([N+](=O)[O-])cc1C(=N)N. The minimum absolute atomic E-state index is 0.0456. The summed E-state index contributed by atoms with van der Waals surface area (Å²) in [7, 11) is 0. The first-order valence-corrected chi connectivity index (χ1v) is 3.62. The smallest absolute Gasteiger partial charge is 0.270 e. The molecule has 0 aliphatic heterocycles. The largest absolute Gasteiger partial charge is 0.384 e. The van der Waals surface area contributed by atoms with Gasteiger partial charge in [0.15, 0.2) is 0 Å². The fourth-order valence-corrected chi connectivity index (χ4v) is 1.01. The number of nitro groups is 1. The zero-order chi connectivity index (χ0) is 10.0. The number of nitrogens with two attached hydrogens (primary N) is 1. The average molecular weight is 179 g/mol. The Hall–Kier alpha value is -1.91. The second-order valence-electron chi connectivity index (χ2n) is 2.67. The van der Waals surface area contributed by atoms with Crippen LogP contribution in [0.15, 0.2) is 18.2 Å². The normalized spacial score (nSPS) is 9.62. The van der Waals surface area contributed by atoms with Crippen LogP contribution in [0.1, 0.15) is 11.1 Å². The van der Waals surface area contributed by atoms with E-state index in [0.29, 0.717) is 5.56 Å². The van der Waals surface area contributed by atoms with E-state index in [9.17, 15) is 10.1 Å². The Kier molecular flexibility index (Phi) is 2.27. The van der Waals surface area contributed by atoms with E-state index in [1.807, 2.05) is 0 Å². The zero-order valence-electron chi connectivity index (χ0n) is 7.07. The fourth-order valence-electron chi connectivity index (χ4n) is 1.01. The highest BCUT2D eigenvalue weighted by Crippen LogP contribution is 2.16. The molecular weight excluding hydrogens is 170 g/mol. The van der Waals surface area contributed by atoms with Gasteiger partial charge in [0, 0.05) is 17.7 Å². The molecule has 0 saturated heterocycles. The molecule has 0 saturated carbocycles. The van der Waals surface area contributed by atoms with Crippen LogP contribution in [0, 0.1) is 22.4 Å². The molecule has 0 amide bonds. The molecule has 1 aromatic carbocycles. The van der Waals surface area contributed by atoms with Crippen LogP contribution in [0.25, 0.3) is 0 Å². The standard InChI is InChI=1S/C8H9N3O2/c1-5-2-3-6(11(12)13)4-7(5)8(9)10/h2-4H,1H3,(H3,9,10). The van der Waals surface area contributed by atoms with Crippen molar-refractivity contribution in [3.05, 3.63) is 39.4 Å². The lowest BCUT2D eigenvalue weighted by Crippen LogP contribution is -2.12. The third-order valence-corrected chi connectivity index (χ3v) is 1.72. The first-order valence-electron chi connectivity index (χ1n) is 3.62. The van der Waals surface area contributed by atoms with Gasteiger partial charge >= 0.3 is 0 Å². The molecule has 0 aliphatic rings. The Morgan fingerprint density at radius 1 is 1.62 bits per heavy atom. The van der Waals surface area contributed by atoms with Crippen LogP contribution in [0.2, 0.25) is 0 Å². The third-order valence-electron chi connectivity index (χ3n) is 1.72. The van der Waals surface area contributed by atoms with Crippen molar-refractivity contribution in [3.8, 4) is 0 Å². The number of aryl methyl sites for hydroxylation is 1. The molecule has 5 nitrogen and oxygen atoms in total. The van der Waals surface area contributed by atoms with Crippen LogP contribution in [-0.4, -0.2) is 10.8 Å². The Bertz CT molecular complexity index is 374. The van der Waals surface area contributed by atoms with Crippen LogP contribution >= 0.6 is 0 Å². The first kappa shape index (κ1) is 9.18. The zero-order valence-corrected chi connectivity index (χ0v) is 7.07. The minimum atomic E-state index is -0.508. The van der Waals surface area contributed by atoms with Crippen molar-refractivity contribution in [1.82, 2.24) is 0 Å². The summed E-state index contributed by atoms with van der Waals surface area (Å²) < 4.78 is 0. The van der Waals surface area contributed by atoms with Crippen molar-refractivity contribution in [1.29, 1.82) is 5.41 Å². The summed E-state index contributed by atoms with van der Waals surface area (Å²) in [6.45, 7) is 1.75. The van der Waals surface area contributed by atoms with Crippen LogP contribution < -0.4 is 5.73 Å². The number of nitrogens with one attached hydrogen (secondary N) is 1. The number of nitrogen functional groups attached to an aromatic ring is 1. The molecule has 0 fully saturated rings. The lowest BCUT2D eigenvalue weighted by Gasteiger charge is -2.02. The van der Waals surface area contributed by atoms with Crippen molar-refractivity contribution in [2.45, 2.75) is 6.92 Å². The molecule has 0 bridgehead atoms. The number of nitrogens with zero attached hydrogens (tertiary/aromatic N) is 1. The van der Waals surface area contributed by atoms with Gasteiger partial charge in [-0.25, -0.2) is 0 Å². The number of benzene rings is 1. The van der Waals surface area contributed by atoms with Crippen molar-refractivity contribution in [2.75, 3.05) is 0 Å². The maximum absolute atomic E-state index is 10.4. The molecule has 5 heteroatoms. The molecule has 0 heterocycles. The van der Waals surface area contributed by atoms with Crippen LogP contribution in [0.5, 0.6) is 0 Å². The summed E-state index contributed by atoms with van der Waals surface area (Å²) in [5.41, 5.74) is 6.37. The van der Waals surface area contributed by atoms with Gasteiger partial charge in [0.1, 0.15) is 5.84 Å². The lowest BCUT2D eigenvalue weighted by molar-refractivity contribution is -0.384. The number of nitro benzene ring substituents is 1. The number of hydrogen-bond donors (Lipinski definition) is 2. The van der Waals surface area contributed by atoms with Gasteiger partial charge in [-0.3, -0.25) is 15.5 Å². The topological polar surface area (TPSA) is 93.0 Å². The van der Waals surface area contributed by atoms with Crippen molar-refractivity contribution < 1.29 is 4.92 Å². The third kappa shape index (κ3) is 1.81. The maximum atomic E-state index is 10.4. The summed E-state index contributed by atoms with van der Waals surface area (Å²) in [5.74, 6) is -0.152. The number of rotatable bonds is 2. The van der Waals surface area contributed by atoms with Gasteiger partial charge in [-0.15, -0.1) is 0 Å². The van der Waals surface area contributed by atoms with E-state index in [4.69, 9.17) is 11.1 Å². The molecule has 0 aliphatic carbocycles. The van der Waals surface area contributed by atoms with E-state index in [-0.39, 0.29) is 11.5 Å². The van der Waals surface area contributed by atoms with E-state index in [2.05, 4.69) is 0 Å². The number of non-ortho nitro benzene ring substituents is 1. The van der Waals surface area contributed by atoms with Gasteiger partial charge in [-0.05, 0) is 12.5 Å². The van der Waals surface area contributed by atoms with Gasteiger partial charge < -0.3 is 5.73 Å². The molecule has 68 valence electrons. The van der Waals surface area contributed by atoms with Gasteiger partial charge in [0.2, 0.25) is 0 Å². The molecule has 0 spiro atoms. The van der Waals surface area contributed by atoms with Crippen LogP contribution in [0.4, 0.5) is 5.69 Å². The molecule has 0 atom stereocenters. The molecular formula is C8H9N3O2. The van der Waals surface area contributed by atoms with E-state index in [0.717, 1.165) is 5.56 Å². The van der Waals surface area contributed by atoms with E-state index in [1.54, 1.807) is 13.0 Å². The maximum Gasteiger partial charge on any atom is 0.270 e. The van der Waals surface area contributed by atoms with Crippen molar-refractivity contribution >= 4 is 11.5 Å². The monoisotopic (exact) mass is 179 g/mol. The van der Waals surface area contributed by atoms with Gasteiger partial charge in [0.05, 0.1) is 4.92 Å². The summed E-state index contributed by atoms with van der Waals surface area (Å²) >= 11 is 0. The highest BCUT2D eigenvalue weighted by molar-refractivity contribution is 5.96. The number of hydrogen-bond acceptors (Lipinski definition) is 3. The fraction of sp³-hybridized carbons (Fsp3) is 0.125. The predicted octanol–water partition coefficient (Wildman–Crippen LogP) is 1.19. The highest BCUT2D eigenvalue weighted by atomic mass is 16.6. The van der Waals surface area contributed by atoms with Gasteiger partial charge in [0.25, 0.3) is 5.69 Å². The molecule has 0 radical (unpaired) electrons. The molecule has 0 aromatic heterocycles. The quantitative estimate of drug-likeness (QED) is 0.309. The molecule has 3 N–H and O–H groups in total. The Balaban J connectivity index is 3.27. The summed E-state index contributed by atoms with van der Waals surface area (Å²) in [4.78, 5) is 9.87. The molecule has 1 aromatic rings. The van der Waals surface area contributed by atoms with E-state index < -0.39 is 4.92 Å². The summed E-state index contributed by atoms with van der Waals surface area (Å²) in [6, 6.07) is 4.27. The second kappa shape index (κ2) is 3.22. The molecule has 13 heavy (non-hydrogen) atoms. The first-order chi connectivity index (χ1) is 6.02. The van der Waals surface area contributed by atoms with Crippen LogP contribution in [0.3, 0.4) is 0 Å². The van der Waals surface area contributed by atoms with Gasteiger partial charge in [-0.1, -0.05) is 6.07 Å². The van der Waals surface area contributed by atoms with Crippen molar-refractivity contribution in [3.63, 3.8) is 0 Å².